The minimum Gasteiger partial charge on any atom is -0.385 e. The molecule has 160 valence electrons. The van der Waals surface area contributed by atoms with Crippen molar-refractivity contribution in [3.63, 3.8) is 0 Å². The number of anilines is 1. The molecule has 0 radical (unpaired) electrons. The normalized spacial score (nSPS) is 11.2. The maximum absolute atomic E-state index is 5.11. The smallest absolute Gasteiger partial charge is 0.223 e. The van der Waals surface area contributed by atoms with Crippen LogP contribution in [0.2, 0.25) is 0 Å². The number of ether oxygens (including phenoxy) is 1. The zero-order chi connectivity index (χ0) is 21.5. The van der Waals surface area contributed by atoms with E-state index in [9.17, 15) is 0 Å². The lowest BCUT2D eigenvalue weighted by Gasteiger charge is -2.07. The van der Waals surface area contributed by atoms with Crippen molar-refractivity contribution in [1.82, 2.24) is 24.7 Å². The lowest BCUT2D eigenvalue weighted by molar-refractivity contribution is 0.189. The van der Waals surface area contributed by atoms with E-state index in [1.54, 1.807) is 7.11 Å². The van der Waals surface area contributed by atoms with E-state index in [0.29, 0.717) is 5.95 Å². The first-order valence-corrected chi connectivity index (χ1v) is 10.7. The number of hydrogen-bond donors (Lipinski definition) is 1. The first-order chi connectivity index (χ1) is 15.2. The SMILES string of the molecule is COCCCn1cc(-c2ccc3cnc(NCCCc4cc(C)ccn4)nc3c2)cn1. The van der Waals surface area contributed by atoms with Crippen LogP contribution in [0.25, 0.3) is 22.0 Å². The first-order valence-electron chi connectivity index (χ1n) is 10.7. The molecule has 3 aromatic heterocycles. The molecule has 3 heterocycles. The van der Waals surface area contributed by atoms with Gasteiger partial charge >= 0.3 is 0 Å². The Morgan fingerprint density at radius 3 is 2.84 bits per heavy atom. The molecule has 0 saturated heterocycles. The van der Waals surface area contributed by atoms with Crippen molar-refractivity contribution < 1.29 is 4.74 Å². The third kappa shape index (κ3) is 5.64. The molecule has 0 fully saturated rings. The highest BCUT2D eigenvalue weighted by atomic mass is 16.5. The molecule has 0 saturated carbocycles. The molecule has 0 aliphatic carbocycles. The van der Waals surface area contributed by atoms with Gasteiger partial charge in [0.25, 0.3) is 0 Å². The van der Waals surface area contributed by atoms with Crippen LogP contribution in [-0.4, -0.2) is 45.0 Å². The summed E-state index contributed by atoms with van der Waals surface area (Å²) in [7, 11) is 1.72. The summed E-state index contributed by atoms with van der Waals surface area (Å²) in [4.78, 5) is 13.6. The number of aromatic nitrogens is 5. The molecule has 0 bridgehead atoms. The molecule has 7 nitrogen and oxygen atoms in total. The Hall–Kier alpha value is -3.32. The number of benzene rings is 1. The molecule has 0 unspecified atom stereocenters. The molecule has 0 atom stereocenters. The van der Waals surface area contributed by atoms with Crippen LogP contribution in [0.15, 0.2) is 55.1 Å². The number of fused-ring (bicyclic) bond motifs is 1. The Bertz CT molecular complexity index is 1140. The largest absolute Gasteiger partial charge is 0.385 e. The van der Waals surface area contributed by atoms with Gasteiger partial charge in [0.1, 0.15) is 0 Å². The van der Waals surface area contributed by atoms with Gasteiger partial charge in [-0.25, -0.2) is 9.97 Å². The summed E-state index contributed by atoms with van der Waals surface area (Å²) < 4.78 is 7.07. The van der Waals surface area contributed by atoms with Crippen LogP contribution in [0.3, 0.4) is 0 Å². The van der Waals surface area contributed by atoms with Crippen molar-refractivity contribution in [2.45, 2.75) is 32.7 Å². The molecular formula is C24H28N6O. The molecule has 4 rings (SSSR count). The minimum absolute atomic E-state index is 0.650. The molecule has 0 spiro atoms. The van der Waals surface area contributed by atoms with E-state index in [4.69, 9.17) is 9.72 Å². The van der Waals surface area contributed by atoms with E-state index in [1.165, 1.54) is 5.56 Å². The zero-order valence-corrected chi connectivity index (χ0v) is 18.1. The van der Waals surface area contributed by atoms with Crippen LogP contribution >= 0.6 is 0 Å². The van der Waals surface area contributed by atoms with Gasteiger partial charge in [-0.3, -0.25) is 9.67 Å². The second kappa shape index (κ2) is 10.1. The van der Waals surface area contributed by atoms with Crippen LogP contribution in [0.4, 0.5) is 5.95 Å². The average molecular weight is 417 g/mol. The molecule has 0 aliphatic heterocycles. The predicted octanol–water partition coefficient (Wildman–Crippen LogP) is 4.28. The Morgan fingerprint density at radius 1 is 1.03 bits per heavy atom. The van der Waals surface area contributed by atoms with E-state index < -0.39 is 0 Å². The Morgan fingerprint density at radius 2 is 1.97 bits per heavy atom. The zero-order valence-electron chi connectivity index (χ0n) is 18.1. The highest BCUT2D eigenvalue weighted by molar-refractivity contribution is 5.84. The second-order valence-corrected chi connectivity index (χ2v) is 7.66. The van der Waals surface area contributed by atoms with Gasteiger partial charge in [0, 0.05) is 62.0 Å². The Labute approximate surface area is 182 Å². The summed E-state index contributed by atoms with van der Waals surface area (Å²) in [6.07, 6.45) is 10.5. The van der Waals surface area contributed by atoms with Crippen molar-refractivity contribution in [3.8, 4) is 11.1 Å². The van der Waals surface area contributed by atoms with Gasteiger partial charge in [-0.1, -0.05) is 12.1 Å². The quantitative estimate of drug-likeness (QED) is 0.389. The predicted molar refractivity (Wildman–Crippen MR) is 123 cm³/mol. The van der Waals surface area contributed by atoms with Crippen LogP contribution < -0.4 is 5.32 Å². The molecule has 4 aromatic rings. The number of nitrogens with one attached hydrogen (secondary N) is 1. The molecular weight excluding hydrogens is 388 g/mol. The van der Waals surface area contributed by atoms with Crippen molar-refractivity contribution in [2.75, 3.05) is 25.6 Å². The van der Waals surface area contributed by atoms with Gasteiger partial charge in [-0.2, -0.15) is 5.10 Å². The van der Waals surface area contributed by atoms with E-state index >= 15 is 0 Å². The summed E-state index contributed by atoms with van der Waals surface area (Å²) in [5.74, 6) is 0.650. The molecule has 0 amide bonds. The number of aryl methyl sites for hydroxylation is 3. The number of rotatable bonds is 10. The van der Waals surface area contributed by atoms with E-state index in [0.717, 1.165) is 66.7 Å². The van der Waals surface area contributed by atoms with E-state index in [2.05, 4.69) is 57.8 Å². The molecule has 31 heavy (non-hydrogen) atoms. The fraction of sp³-hybridized carbons (Fsp3) is 0.333. The molecule has 1 aromatic carbocycles. The number of hydrogen-bond acceptors (Lipinski definition) is 6. The summed E-state index contributed by atoms with van der Waals surface area (Å²) in [6.45, 7) is 4.47. The van der Waals surface area contributed by atoms with Crippen molar-refractivity contribution >= 4 is 16.9 Å². The maximum Gasteiger partial charge on any atom is 0.223 e. The highest BCUT2D eigenvalue weighted by Gasteiger charge is 2.06. The van der Waals surface area contributed by atoms with Gasteiger partial charge in [0.15, 0.2) is 0 Å². The van der Waals surface area contributed by atoms with E-state index in [-0.39, 0.29) is 0 Å². The van der Waals surface area contributed by atoms with Gasteiger partial charge < -0.3 is 10.1 Å². The summed E-state index contributed by atoms with van der Waals surface area (Å²) >= 11 is 0. The lowest BCUT2D eigenvalue weighted by atomic mass is 10.1. The number of pyridine rings is 1. The van der Waals surface area contributed by atoms with Crippen LogP contribution in [0.5, 0.6) is 0 Å². The Balaban J connectivity index is 1.39. The van der Waals surface area contributed by atoms with E-state index in [1.807, 2.05) is 29.3 Å². The van der Waals surface area contributed by atoms with Gasteiger partial charge in [-0.05, 0) is 55.5 Å². The number of methoxy groups -OCH3 is 1. The van der Waals surface area contributed by atoms with Gasteiger partial charge in [-0.15, -0.1) is 0 Å². The van der Waals surface area contributed by atoms with Gasteiger partial charge in [0.05, 0.1) is 11.7 Å². The summed E-state index contributed by atoms with van der Waals surface area (Å²) in [5.41, 5.74) is 5.46. The van der Waals surface area contributed by atoms with Crippen LogP contribution in [0, 0.1) is 6.92 Å². The first kappa shape index (κ1) is 20.9. The topological polar surface area (TPSA) is 77.8 Å². The van der Waals surface area contributed by atoms with Crippen LogP contribution in [0.1, 0.15) is 24.1 Å². The van der Waals surface area contributed by atoms with Crippen molar-refractivity contribution in [3.05, 3.63) is 66.4 Å². The van der Waals surface area contributed by atoms with Gasteiger partial charge in [0.2, 0.25) is 5.95 Å². The van der Waals surface area contributed by atoms with Crippen LogP contribution in [-0.2, 0) is 17.7 Å². The Kier molecular flexibility index (Phi) is 6.84. The standard InChI is InChI=1S/C24H28N6O/c1-18-8-10-25-22(13-18)5-3-9-26-24-27-15-20-7-6-19(14-23(20)29-24)21-16-28-30(17-21)11-4-12-31-2/h6-8,10,13-17H,3-5,9,11-12H2,1-2H3,(H,26,27,29). The van der Waals surface area contributed by atoms with Crippen molar-refractivity contribution in [1.29, 1.82) is 0 Å². The molecule has 7 heteroatoms. The maximum atomic E-state index is 5.11. The second-order valence-electron chi connectivity index (χ2n) is 7.66. The summed E-state index contributed by atoms with van der Waals surface area (Å²) in [5, 5.41) is 8.81. The molecule has 0 aliphatic rings. The average Bonchev–Trinajstić information content (AvgIpc) is 3.25. The monoisotopic (exact) mass is 416 g/mol. The third-order valence-electron chi connectivity index (χ3n) is 5.15. The fourth-order valence-electron chi connectivity index (χ4n) is 3.50. The number of nitrogens with zero attached hydrogens (tertiary/aromatic N) is 5. The minimum atomic E-state index is 0.650. The third-order valence-corrected chi connectivity index (χ3v) is 5.15. The summed E-state index contributed by atoms with van der Waals surface area (Å²) in [6, 6.07) is 10.4. The molecule has 1 N–H and O–H groups in total. The van der Waals surface area contributed by atoms with Crippen molar-refractivity contribution in [2.24, 2.45) is 0 Å². The lowest BCUT2D eigenvalue weighted by Crippen LogP contribution is -2.07. The highest BCUT2D eigenvalue weighted by Crippen LogP contribution is 2.23. The fourth-order valence-corrected chi connectivity index (χ4v) is 3.50.